The highest BCUT2D eigenvalue weighted by Crippen LogP contribution is 2.32. The van der Waals surface area contributed by atoms with E-state index in [1.165, 1.54) is 0 Å². The van der Waals surface area contributed by atoms with Crippen LogP contribution in [0, 0.1) is 0 Å². The molecular weight excluding hydrogens is 861 g/mol. The number of hydrogen-bond acceptors (Lipinski definition) is 11. The molecule has 3 N–H and O–H groups in total. The zero-order chi connectivity index (χ0) is 47.3. The third-order valence-corrected chi connectivity index (χ3v) is 13.7. The summed E-state index contributed by atoms with van der Waals surface area (Å²) in [7, 11) is 1.67. The average Bonchev–Trinajstić information content (AvgIpc) is 4.25. The minimum absolute atomic E-state index is 0.0105. The van der Waals surface area contributed by atoms with Crippen molar-refractivity contribution in [3.63, 3.8) is 0 Å². The van der Waals surface area contributed by atoms with Gasteiger partial charge in [0.25, 0.3) is 0 Å². The third-order valence-electron chi connectivity index (χ3n) is 13.7. The number of urea groups is 1. The van der Waals surface area contributed by atoms with Gasteiger partial charge in [0.15, 0.2) is 0 Å². The molecule has 356 valence electrons. The van der Waals surface area contributed by atoms with Crippen molar-refractivity contribution < 1.29 is 9.59 Å². The van der Waals surface area contributed by atoms with E-state index in [9.17, 15) is 9.59 Å². The number of fused-ring (bicyclic) bond motifs is 2. The molecule has 2 fully saturated rings. The van der Waals surface area contributed by atoms with Gasteiger partial charge in [0.1, 0.15) is 0 Å². The molecule has 68 heavy (non-hydrogen) atoms. The van der Waals surface area contributed by atoms with Crippen molar-refractivity contribution in [3.8, 4) is 45.0 Å². The van der Waals surface area contributed by atoms with E-state index in [0.29, 0.717) is 25.2 Å². The Hall–Kier alpha value is -7.22. The van der Waals surface area contributed by atoms with Gasteiger partial charge >= 0.3 is 6.03 Å². The van der Waals surface area contributed by atoms with Gasteiger partial charge in [-0.1, -0.05) is 27.7 Å². The minimum Gasteiger partial charge on any atom is -0.341 e. The fraction of sp³-hybridized carbons (Fsp3) is 0.458. The summed E-state index contributed by atoms with van der Waals surface area (Å²) in [5.74, 6) is 0.0105. The van der Waals surface area contributed by atoms with E-state index < -0.39 is 0 Å². The van der Waals surface area contributed by atoms with E-state index in [4.69, 9.17) is 15.7 Å². The maximum Gasteiger partial charge on any atom is 0.317 e. The van der Waals surface area contributed by atoms with Gasteiger partial charge in [0.2, 0.25) is 5.91 Å². The Bertz CT molecular complexity index is 2750. The van der Waals surface area contributed by atoms with Gasteiger partial charge in [-0.25, -0.2) is 23.8 Å². The molecule has 8 aromatic rings. The predicted molar refractivity (Wildman–Crippen MR) is 258 cm³/mol. The Morgan fingerprint density at radius 3 is 1.43 bits per heavy atom. The van der Waals surface area contributed by atoms with Crippen molar-refractivity contribution in [2.45, 2.75) is 103 Å². The number of aromatic nitrogens is 14. The maximum absolute atomic E-state index is 11.9. The molecule has 2 aliphatic rings. The van der Waals surface area contributed by atoms with Crippen molar-refractivity contribution in [1.29, 1.82) is 0 Å². The Morgan fingerprint density at radius 2 is 1.01 bits per heavy atom. The minimum atomic E-state index is -0.0172. The van der Waals surface area contributed by atoms with Crippen LogP contribution in [0.1, 0.15) is 103 Å². The molecule has 2 aliphatic heterocycles. The van der Waals surface area contributed by atoms with Crippen LogP contribution in [0.2, 0.25) is 0 Å². The van der Waals surface area contributed by atoms with Crippen LogP contribution < -0.4 is 11.1 Å². The molecule has 0 atom stereocenters. The summed E-state index contributed by atoms with van der Waals surface area (Å²) in [5, 5.41) is 30.1. The van der Waals surface area contributed by atoms with Crippen LogP contribution in [-0.4, -0.2) is 130 Å². The number of carbonyl (C=O) groups excluding carboxylic acids is 2. The van der Waals surface area contributed by atoms with Crippen LogP contribution >= 0.6 is 0 Å². The highest BCUT2D eigenvalue weighted by atomic mass is 16.2. The lowest BCUT2D eigenvalue weighted by Gasteiger charge is -2.31. The summed E-state index contributed by atoms with van der Waals surface area (Å²) in [6, 6.07) is 5.21. The lowest BCUT2D eigenvalue weighted by molar-refractivity contribution is -0.130. The first kappa shape index (κ1) is 45.9. The molecule has 0 aromatic carbocycles. The standard InChI is InChI=1S/2C24H31N9O/c1-4-19(5-2)31-15-18(13-28-31)23-22-6-9-26-33(22)16-21(29-23)17-12-27-32(14-17)20-7-10-30(11-8-20)24(34)25-3;1-3-19(4-2)31-15-18(13-28-31)24-22-5-8-26-33(22)16-21(29-24)17-12-27-32(14-17)20-6-9-30(10-7-20)23(34)11-25/h6,9,12-16,19-20H,4-5,7-8,10-11H2,1-3H3,(H,25,34);5,8,12-16,19-20H,3-4,6-7,9-11,25H2,1-2H3. The fourth-order valence-corrected chi connectivity index (χ4v) is 9.54. The second-order valence-electron chi connectivity index (χ2n) is 17.6. The second kappa shape index (κ2) is 20.3. The lowest BCUT2D eigenvalue weighted by Crippen LogP contribution is -2.43. The number of likely N-dealkylation sites (tertiary alicyclic amines) is 2. The van der Waals surface area contributed by atoms with E-state index in [1.807, 2.05) is 93.1 Å². The average molecular weight is 923 g/mol. The van der Waals surface area contributed by atoms with Gasteiger partial charge in [0, 0.05) is 80.3 Å². The number of rotatable bonds is 13. The van der Waals surface area contributed by atoms with Crippen molar-refractivity contribution in [1.82, 2.24) is 83.4 Å². The SMILES string of the molecule is CCC(CC)n1cc(-c2nc(-c3cnn(C4CCN(C(=O)CN)CC4)c3)cn3nccc23)cn1.CCC(CC)n1cc(-c2nc(-c3cnn(C4CCN(C(=O)NC)CC4)c3)cn3nccc23)cn1. The first-order valence-corrected chi connectivity index (χ1v) is 24.0. The second-order valence-corrected chi connectivity index (χ2v) is 17.6. The summed E-state index contributed by atoms with van der Waals surface area (Å²) in [6.07, 6.45) is 30.8. The Balaban J connectivity index is 0.000000170. The molecule has 3 amide bonds. The lowest BCUT2D eigenvalue weighted by atomic mass is 10.1. The molecule has 2 saturated heterocycles. The molecule has 10 heterocycles. The van der Waals surface area contributed by atoms with E-state index in [1.54, 1.807) is 19.4 Å². The van der Waals surface area contributed by atoms with Crippen LogP contribution in [0.3, 0.4) is 0 Å². The van der Waals surface area contributed by atoms with Gasteiger partial charge < -0.3 is 20.9 Å². The molecule has 8 aromatic heterocycles. The molecule has 20 heteroatoms. The van der Waals surface area contributed by atoms with Crippen LogP contribution in [0.25, 0.3) is 56.1 Å². The molecule has 0 saturated carbocycles. The summed E-state index contributed by atoms with van der Waals surface area (Å²) >= 11 is 0. The largest absolute Gasteiger partial charge is 0.341 e. The Morgan fingerprint density at radius 1 is 0.588 bits per heavy atom. The van der Waals surface area contributed by atoms with Crippen molar-refractivity contribution in [2.75, 3.05) is 39.8 Å². The van der Waals surface area contributed by atoms with Crippen molar-refractivity contribution in [3.05, 3.63) is 86.5 Å². The third kappa shape index (κ3) is 9.36. The van der Waals surface area contributed by atoms with Crippen LogP contribution in [0.15, 0.2) is 86.5 Å². The number of nitrogens with two attached hydrogens (primary N) is 1. The van der Waals surface area contributed by atoms with Crippen molar-refractivity contribution >= 4 is 23.0 Å². The molecule has 0 radical (unpaired) electrons. The molecule has 20 nitrogen and oxygen atoms in total. The molecular formula is C48H62N18O2. The highest BCUT2D eigenvalue weighted by Gasteiger charge is 2.26. The number of carbonyl (C=O) groups is 2. The number of amides is 3. The van der Waals surface area contributed by atoms with E-state index in [0.717, 1.165) is 121 Å². The van der Waals surface area contributed by atoms with Crippen LogP contribution in [0.5, 0.6) is 0 Å². The zero-order valence-corrected chi connectivity index (χ0v) is 39.6. The first-order valence-electron chi connectivity index (χ1n) is 24.0. The summed E-state index contributed by atoms with van der Waals surface area (Å²) in [6.45, 7) is 11.7. The normalized spacial score (nSPS) is 14.9. The summed E-state index contributed by atoms with van der Waals surface area (Å²) in [5.41, 5.74) is 14.6. The quantitative estimate of drug-likeness (QED) is 0.124. The topological polar surface area (TPSA) is 210 Å². The molecule has 10 rings (SSSR count). The van der Waals surface area contributed by atoms with E-state index in [-0.39, 0.29) is 30.6 Å². The first-order chi connectivity index (χ1) is 33.2. The van der Waals surface area contributed by atoms with Crippen molar-refractivity contribution in [2.24, 2.45) is 5.73 Å². The molecule has 0 spiro atoms. The number of nitrogens with one attached hydrogen (secondary N) is 1. The fourth-order valence-electron chi connectivity index (χ4n) is 9.54. The molecule has 0 aliphatic carbocycles. The summed E-state index contributed by atoms with van der Waals surface area (Å²) < 4.78 is 11.8. The number of piperidine rings is 2. The Labute approximate surface area is 395 Å². The van der Waals surface area contributed by atoms with Gasteiger partial charge in [-0.3, -0.25) is 23.5 Å². The van der Waals surface area contributed by atoms with Gasteiger partial charge in [-0.05, 0) is 63.5 Å². The molecule has 0 unspecified atom stereocenters. The zero-order valence-electron chi connectivity index (χ0n) is 39.6. The Kier molecular flexibility index (Phi) is 13.7. The number of hydrogen-bond donors (Lipinski definition) is 2. The van der Waals surface area contributed by atoms with E-state index >= 15 is 0 Å². The van der Waals surface area contributed by atoms with Crippen LogP contribution in [0.4, 0.5) is 4.79 Å². The van der Waals surface area contributed by atoms with E-state index in [2.05, 4.69) is 82.2 Å². The van der Waals surface area contributed by atoms with Gasteiger partial charge in [0.05, 0.1) is 114 Å². The summed E-state index contributed by atoms with van der Waals surface area (Å²) in [4.78, 5) is 37.4. The predicted octanol–water partition coefficient (Wildman–Crippen LogP) is 6.73. The van der Waals surface area contributed by atoms with Gasteiger partial charge in [-0.2, -0.15) is 30.6 Å². The monoisotopic (exact) mass is 923 g/mol. The molecule has 0 bridgehead atoms. The van der Waals surface area contributed by atoms with Gasteiger partial charge in [-0.15, -0.1) is 0 Å². The smallest absolute Gasteiger partial charge is 0.317 e. The maximum atomic E-state index is 11.9. The highest BCUT2D eigenvalue weighted by molar-refractivity contribution is 5.80. The number of nitrogens with zero attached hydrogens (tertiary/aromatic N) is 16. The van der Waals surface area contributed by atoms with Crippen LogP contribution in [-0.2, 0) is 4.79 Å².